The Hall–Kier alpha value is -2.36. The largest absolute Gasteiger partial charge is 0.481 e. The Morgan fingerprint density at radius 1 is 1.14 bits per heavy atom. The zero-order valence-electron chi connectivity index (χ0n) is 11.6. The number of hydrogen-bond donors (Lipinski definition) is 1. The summed E-state index contributed by atoms with van der Waals surface area (Å²) in [5.41, 5.74) is 1.03. The van der Waals surface area contributed by atoms with Crippen molar-refractivity contribution in [3.63, 3.8) is 0 Å². The first-order valence-corrected chi connectivity index (χ1v) is 6.94. The van der Waals surface area contributed by atoms with Crippen LogP contribution in [-0.4, -0.2) is 23.7 Å². The van der Waals surface area contributed by atoms with Crippen LogP contribution in [0.4, 0.5) is 0 Å². The van der Waals surface area contributed by atoms with Gasteiger partial charge in [0.15, 0.2) is 0 Å². The molecule has 0 radical (unpaired) electrons. The fourth-order valence-corrected chi connectivity index (χ4v) is 2.33. The van der Waals surface area contributed by atoms with Gasteiger partial charge >= 0.3 is 11.9 Å². The molecule has 1 N–H and O–H groups in total. The summed E-state index contributed by atoms with van der Waals surface area (Å²) >= 11 is 0. The van der Waals surface area contributed by atoms with Crippen LogP contribution >= 0.6 is 0 Å². The van der Waals surface area contributed by atoms with E-state index in [0.29, 0.717) is 12.8 Å². The van der Waals surface area contributed by atoms with Crippen molar-refractivity contribution < 1.29 is 19.4 Å². The minimum atomic E-state index is -0.943. The minimum absolute atomic E-state index is 0.153. The lowest BCUT2D eigenvalue weighted by Crippen LogP contribution is -2.32. The van der Waals surface area contributed by atoms with Crippen LogP contribution in [0.2, 0.25) is 0 Å². The molecule has 4 nitrogen and oxygen atoms in total. The summed E-state index contributed by atoms with van der Waals surface area (Å²) in [6.07, 6.45) is 8.07. The molecule has 2 rings (SSSR count). The van der Waals surface area contributed by atoms with E-state index in [1.807, 2.05) is 42.5 Å². The molecule has 0 aliphatic heterocycles. The van der Waals surface area contributed by atoms with Crippen molar-refractivity contribution in [1.29, 1.82) is 0 Å². The molecule has 1 aliphatic carbocycles. The Morgan fingerprint density at radius 2 is 1.81 bits per heavy atom. The normalized spacial score (nSPS) is 21.3. The van der Waals surface area contributed by atoms with Crippen molar-refractivity contribution in [2.24, 2.45) is 11.8 Å². The summed E-state index contributed by atoms with van der Waals surface area (Å²) in [7, 11) is 0. The molecule has 0 aromatic heterocycles. The maximum absolute atomic E-state index is 12.0. The van der Waals surface area contributed by atoms with Crippen LogP contribution in [0.15, 0.2) is 48.6 Å². The van der Waals surface area contributed by atoms with Crippen molar-refractivity contribution in [3.8, 4) is 0 Å². The van der Waals surface area contributed by atoms with Gasteiger partial charge in [-0.3, -0.25) is 9.59 Å². The van der Waals surface area contributed by atoms with Crippen LogP contribution in [0.3, 0.4) is 0 Å². The zero-order chi connectivity index (χ0) is 15.1. The number of carbonyl (C=O) groups is 2. The van der Waals surface area contributed by atoms with Crippen LogP contribution in [0, 0.1) is 11.8 Å². The molecule has 2 atom stereocenters. The summed E-state index contributed by atoms with van der Waals surface area (Å²) in [6, 6.07) is 9.68. The average molecular weight is 286 g/mol. The molecule has 0 bridgehead atoms. The molecule has 0 saturated heterocycles. The van der Waals surface area contributed by atoms with E-state index in [1.54, 1.807) is 12.2 Å². The second kappa shape index (κ2) is 7.43. The van der Waals surface area contributed by atoms with Gasteiger partial charge in [0.1, 0.15) is 6.61 Å². The van der Waals surface area contributed by atoms with Gasteiger partial charge in [-0.1, -0.05) is 48.6 Å². The van der Waals surface area contributed by atoms with Gasteiger partial charge in [-0.2, -0.15) is 0 Å². The molecule has 0 spiro atoms. The topological polar surface area (TPSA) is 63.6 Å². The summed E-state index contributed by atoms with van der Waals surface area (Å²) in [4.78, 5) is 23.1. The molecule has 0 heterocycles. The van der Waals surface area contributed by atoms with Gasteiger partial charge < -0.3 is 9.84 Å². The van der Waals surface area contributed by atoms with Crippen LogP contribution in [0.25, 0.3) is 6.08 Å². The quantitative estimate of drug-likeness (QED) is 0.667. The first-order chi connectivity index (χ1) is 10.2. The van der Waals surface area contributed by atoms with Gasteiger partial charge in [0.05, 0.1) is 11.8 Å². The Balaban J connectivity index is 1.85. The number of carboxylic acid groups (broad SMARTS) is 1. The number of hydrogen-bond acceptors (Lipinski definition) is 3. The van der Waals surface area contributed by atoms with E-state index in [4.69, 9.17) is 9.84 Å². The molecule has 1 aromatic carbocycles. The number of benzene rings is 1. The van der Waals surface area contributed by atoms with Crippen molar-refractivity contribution in [3.05, 3.63) is 54.1 Å². The van der Waals surface area contributed by atoms with E-state index >= 15 is 0 Å². The predicted octanol–water partition coefficient (Wildman–Crippen LogP) is 2.91. The fraction of sp³-hybridized carbons (Fsp3) is 0.294. The monoisotopic (exact) mass is 286 g/mol. The lowest BCUT2D eigenvalue weighted by atomic mass is 9.83. The Kier molecular flexibility index (Phi) is 5.32. The molecule has 110 valence electrons. The Morgan fingerprint density at radius 3 is 2.48 bits per heavy atom. The standard InChI is InChI=1S/C17H18O4/c18-16(19)14-10-4-5-11-15(14)17(20)21-12-6-9-13-7-2-1-3-8-13/h1-9,14-15H,10-12H2,(H,18,19)/t14-,15+/m0/s1. The molecule has 0 fully saturated rings. The van der Waals surface area contributed by atoms with Gasteiger partial charge in [0.25, 0.3) is 0 Å². The van der Waals surface area contributed by atoms with Crippen molar-refractivity contribution in [2.75, 3.05) is 6.61 Å². The van der Waals surface area contributed by atoms with Crippen LogP contribution in [-0.2, 0) is 14.3 Å². The summed E-state index contributed by atoms with van der Waals surface area (Å²) in [6.45, 7) is 0.153. The minimum Gasteiger partial charge on any atom is -0.481 e. The summed E-state index contributed by atoms with van der Waals surface area (Å²) in [5, 5.41) is 9.12. The van der Waals surface area contributed by atoms with Crippen LogP contribution < -0.4 is 0 Å². The van der Waals surface area contributed by atoms with E-state index in [0.717, 1.165) is 5.56 Å². The number of ether oxygens (including phenoxy) is 1. The van der Waals surface area contributed by atoms with Gasteiger partial charge in [-0.15, -0.1) is 0 Å². The number of esters is 1. The lowest BCUT2D eigenvalue weighted by Gasteiger charge is -2.23. The maximum Gasteiger partial charge on any atom is 0.310 e. The van der Waals surface area contributed by atoms with Gasteiger partial charge in [-0.25, -0.2) is 0 Å². The van der Waals surface area contributed by atoms with Crippen molar-refractivity contribution in [2.45, 2.75) is 12.8 Å². The third-order valence-electron chi connectivity index (χ3n) is 3.48. The first-order valence-electron chi connectivity index (χ1n) is 6.94. The zero-order valence-corrected chi connectivity index (χ0v) is 11.6. The highest BCUT2D eigenvalue weighted by Crippen LogP contribution is 2.26. The molecule has 0 amide bonds. The molecule has 1 aromatic rings. The average Bonchev–Trinajstić information content (AvgIpc) is 2.52. The molecular formula is C17H18O4. The molecule has 0 saturated carbocycles. The molecule has 1 aliphatic rings. The van der Waals surface area contributed by atoms with Crippen molar-refractivity contribution >= 4 is 18.0 Å². The Labute approximate surface area is 123 Å². The van der Waals surface area contributed by atoms with E-state index in [-0.39, 0.29) is 6.61 Å². The summed E-state index contributed by atoms with van der Waals surface area (Å²) < 4.78 is 5.16. The number of rotatable bonds is 5. The van der Waals surface area contributed by atoms with E-state index in [9.17, 15) is 9.59 Å². The highest BCUT2D eigenvalue weighted by Gasteiger charge is 2.34. The number of aliphatic carboxylic acids is 1. The highest BCUT2D eigenvalue weighted by atomic mass is 16.5. The van der Waals surface area contributed by atoms with Crippen LogP contribution in [0.1, 0.15) is 18.4 Å². The number of allylic oxidation sites excluding steroid dienone is 2. The van der Waals surface area contributed by atoms with Crippen LogP contribution in [0.5, 0.6) is 0 Å². The molecule has 21 heavy (non-hydrogen) atoms. The second-order valence-electron chi connectivity index (χ2n) is 4.94. The number of carboxylic acids is 1. The van der Waals surface area contributed by atoms with Crippen molar-refractivity contribution in [1.82, 2.24) is 0 Å². The molecule has 0 unspecified atom stereocenters. The maximum atomic E-state index is 12.0. The van der Waals surface area contributed by atoms with E-state index in [2.05, 4.69) is 0 Å². The highest BCUT2D eigenvalue weighted by molar-refractivity contribution is 5.81. The predicted molar refractivity (Wildman–Crippen MR) is 79.4 cm³/mol. The molecular weight excluding hydrogens is 268 g/mol. The number of carbonyl (C=O) groups excluding carboxylic acids is 1. The Bertz CT molecular complexity index is 545. The second-order valence-corrected chi connectivity index (χ2v) is 4.94. The molecule has 4 heteroatoms. The summed E-state index contributed by atoms with van der Waals surface area (Å²) in [5.74, 6) is -2.65. The van der Waals surface area contributed by atoms with Gasteiger partial charge in [0.2, 0.25) is 0 Å². The lowest BCUT2D eigenvalue weighted by molar-refractivity contribution is -0.157. The smallest absolute Gasteiger partial charge is 0.310 e. The van der Waals surface area contributed by atoms with Gasteiger partial charge in [0, 0.05) is 0 Å². The third kappa shape index (κ3) is 4.31. The van der Waals surface area contributed by atoms with Gasteiger partial charge in [-0.05, 0) is 24.5 Å². The SMILES string of the molecule is O=C(O)[C@H]1CC=CC[C@H]1C(=O)OCC=Cc1ccccc1. The first kappa shape index (κ1) is 15.0. The fourth-order valence-electron chi connectivity index (χ4n) is 2.33. The van der Waals surface area contributed by atoms with E-state index in [1.165, 1.54) is 0 Å². The third-order valence-corrected chi connectivity index (χ3v) is 3.48. The van der Waals surface area contributed by atoms with E-state index < -0.39 is 23.8 Å².